The van der Waals surface area contributed by atoms with Gasteiger partial charge in [0.25, 0.3) is 0 Å². The second kappa shape index (κ2) is 3.74. The van der Waals surface area contributed by atoms with E-state index in [1.807, 2.05) is 7.11 Å². The SMILES string of the molecule is CO[C@H]1[C@@H]2CC[C@H]1CNC2.Cl. The van der Waals surface area contributed by atoms with Gasteiger partial charge in [-0.1, -0.05) is 0 Å². The lowest BCUT2D eigenvalue weighted by Gasteiger charge is -2.29. The highest BCUT2D eigenvalue weighted by molar-refractivity contribution is 5.85. The first-order valence-corrected chi connectivity index (χ1v) is 4.15. The number of ether oxygens (including phenoxy) is 1. The van der Waals surface area contributed by atoms with Crippen molar-refractivity contribution in [2.24, 2.45) is 11.8 Å². The molecule has 2 nitrogen and oxygen atoms in total. The van der Waals surface area contributed by atoms with Gasteiger partial charge in [-0.05, 0) is 24.7 Å². The van der Waals surface area contributed by atoms with Gasteiger partial charge < -0.3 is 10.1 Å². The number of rotatable bonds is 1. The molecule has 0 aromatic carbocycles. The molecule has 1 saturated carbocycles. The van der Waals surface area contributed by atoms with Crippen molar-refractivity contribution in [3.05, 3.63) is 0 Å². The summed E-state index contributed by atoms with van der Waals surface area (Å²) in [5, 5.41) is 3.43. The summed E-state index contributed by atoms with van der Waals surface area (Å²) in [4.78, 5) is 0. The molecule has 3 heteroatoms. The van der Waals surface area contributed by atoms with Gasteiger partial charge in [0.1, 0.15) is 0 Å². The number of hydrogen-bond acceptors (Lipinski definition) is 2. The van der Waals surface area contributed by atoms with Crippen LogP contribution in [-0.4, -0.2) is 26.3 Å². The molecule has 2 fully saturated rings. The summed E-state index contributed by atoms with van der Waals surface area (Å²) in [5.74, 6) is 1.62. The van der Waals surface area contributed by atoms with Gasteiger partial charge in [-0.15, -0.1) is 12.4 Å². The Hall–Kier alpha value is 0.210. The molecule has 0 aromatic heterocycles. The van der Waals surface area contributed by atoms with E-state index in [0.29, 0.717) is 6.10 Å². The van der Waals surface area contributed by atoms with Crippen LogP contribution in [0.2, 0.25) is 0 Å². The smallest absolute Gasteiger partial charge is 0.0651 e. The van der Waals surface area contributed by atoms with Crippen LogP contribution >= 0.6 is 12.4 Å². The molecule has 66 valence electrons. The maximum atomic E-state index is 5.44. The first-order valence-electron chi connectivity index (χ1n) is 4.15. The van der Waals surface area contributed by atoms with Gasteiger partial charge in [-0.3, -0.25) is 0 Å². The number of hydrogen-bond donors (Lipinski definition) is 1. The zero-order valence-corrected chi connectivity index (χ0v) is 7.69. The van der Waals surface area contributed by atoms with Crippen molar-refractivity contribution in [2.75, 3.05) is 20.2 Å². The van der Waals surface area contributed by atoms with E-state index in [9.17, 15) is 0 Å². The number of halogens is 1. The zero-order valence-electron chi connectivity index (χ0n) is 6.88. The van der Waals surface area contributed by atoms with Crippen molar-refractivity contribution in [3.8, 4) is 0 Å². The Morgan fingerprint density at radius 1 is 1.18 bits per heavy atom. The summed E-state index contributed by atoms with van der Waals surface area (Å²) < 4.78 is 5.44. The molecule has 2 bridgehead atoms. The second-order valence-electron chi connectivity index (χ2n) is 3.46. The Balaban J connectivity index is 0.000000605. The minimum absolute atomic E-state index is 0. The van der Waals surface area contributed by atoms with Crippen molar-refractivity contribution in [3.63, 3.8) is 0 Å². The normalized spacial score (nSPS) is 41.7. The molecule has 2 aliphatic rings. The van der Waals surface area contributed by atoms with Crippen molar-refractivity contribution < 1.29 is 4.74 Å². The standard InChI is InChI=1S/C8H15NO.ClH/c1-10-8-6-2-3-7(8)5-9-4-6;/h6-9H,2-5H2,1H3;1H/t6-,7+,8+;. The van der Waals surface area contributed by atoms with E-state index in [-0.39, 0.29) is 12.4 Å². The van der Waals surface area contributed by atoms with Crippen molar-refractivity contribution in [1.29, 1.82) is 0 Å². The molecule has 1 N–H and O–H groups in total. The third-order valence-electron chi connectivity index (χ3n) is 2.92. The minimum Gasteiger partial charge on any atom is -0.381 e. The fourth-order valence-electron chi connectivity index (χ4n) is 2.42. The number of piperidine rings is 1. The van der Waals surface area contributed by atoms with E-state index in [4.69, 9.17) is 4.74 Å². The Labute approximate surface area is 74.1 Å². The first-order chi connectivity index (χ1) is 4.92. The van der Waals surface area contributed by atoms with Gasteiger partial charge in [0.05, 0.1) is 6.10 Å². The highest BCUT2D eigenvalue weighted by Gasteiger charge is 2.38. The maximum absolute atomic E-state index is 5.44. The summed E-state index contributed by atoms with van der Waals surface area (Å²) in [6.45, 7) is 2.35. The van der Waals surface area contributed by atoms with Crippen molar-refractivity contribution in [1.82, 2.24) is 5.32 Å². The summed E-state index contributed by atoms with van der Waals surface area (Å²) in [7, 11) is 1.85. The van der Waals surface area contributed by atoms with Crippen LogP contribution < -0.4 is 5.32 Å². The highest BCUT2D eigenvalue weighted by Crippen LogP contribution is 2.35. The van der Waals surface area contributed by atoms with Crippen LogP contribution in [0.25, 0.3) is 0 Å². The largest absolute Gasteiger partial charge is 0.381 e. The van der Waals surface area contributed by atoms with Crippen LogP contribution in [0.4, 0.5) is 0 Å². The van der Waals surface area contributed by atoms with Gasteiger partial charge in [-0.25, -0.2) is 0 Å². The van der Waals surface area contributed by atoms with Crippen LogP contribution in [0, 0.1) is 11.8 Å². The summed E-state index contributed by atoms with van der Waals surface area (Å²) in [6, 6.07) is 0. The molecule has 1 aliphatic carbocycles. The summed E-state index contributed by atoms with van der Waals surface area (Å²) >= 11 is 0. The molecule has 1 aliphatic heterocycles. The monoisotopic (exact) mass is 177 g/mol. The lowest BCUT2D eigenvalue weighted by atomic mass is 9.97. The third-order valence-corrected chi connectivity index (χ3v) is 2.92. The van der Waals surface area contributed by atoms with E-state index in [1.165, 1.54) is 25.9 Å². The van der Waals surface area contributed by atoms with E-state index in [1.54, 1.807) is 0 Å². The molecule has 0 aromatic rings. The lowest BCUT2D eigenvalue weighted by Crippen LogP contribution is -2.42. The predicted molar refractivity (Wildman–Crippen MR) is 47.1 cm³/mol. The highest BCUT2D eigenvalue weighted by atomic mass is 35.5. The summed E-state index contributed by atoms with van der Waals surface area (Å²) in [5.41, 5.74) is 0. The molecule has 0 spiro atoms. The topological polar surface area (TPSA) is 21.3 Å². The molecule has 1 saturated heterocycles. The average Bonchev–Trinajstić information content (AvgIpc) is 2.19. The van der Waals surface area contributed by atoms with Gasteiger partial charge >= 0.3 is 0 Å². The van der Waals surface area contributed by atoms with E-state index in [2.05, 4.69) is 5.32 Å². The van der Waals surface area contributed by atoms with E-state index < -0.39 is 0 Å². The van der Waals surface area contributed by atoms with Crippen LogP contribution in [0.3, 0.4) is 0 Å². The Bertz CT molecular complexity index is 115. The lowest BCUT2D eigenvalue weighted by molar-refractivity contribution is 0.0227. The molecule has 11 heavy (non-hydrogen) atoms. The van der Waals surface area contributed by atoms with Crippen LogP contribution in [-0.2, 0) is 4.74 Å². The van der Waals surface area contributed by atoms with Crippen molar-refractivity contribution in [2.45, 2.75) is 18.9 Å². The van der Waals surface area contributed by atoms with Gasteiger partial charge in [0.15, 0.2) is 0 Å². The molecular formula is C8H16ClNO. The fourth-order valence-corrected chi connectivity index (χ4v) is 2.42. The Morgan fingerprint density at radius 3 is 2.09 bits per heavy atom. The number of methoxy groups -OCH3 is 1. The number of nitrogens with one attached hydrogen (secondary N) is 1. The quantitative estimate of drug-likeness (QED) is 0.647. The molecule has 1 heterocycles. The predicted octanol–water partition coefficient (Wildman–Crippen LogP) is 1.05. The fraction of sp³-hybridized carbons (Fsp3) is 1.00. The first kappa shape index (κ1) is 9.30. The van der Waals surface area contributed by atoms with Gasteiger partial charge in [0.2, 0.25) is 0 Å². The van der Waals surface area contributed by atoms with Gasteiger partial charge in [-0.2, -0.15) is 0 Å². The third kappa shape index (κ3) is 1.53. The average molecular weight is 178 g/mol. The molecule has 3 atom stereocenters. The van der Waals surface area contributed by atoms with Crippen molar-refractivity contribution >= 4 is 12.4 Å². The van der Waals surface area contributed by atoms with E-state index in [0.717, 1.165) is 11.8 Å². The van der Waals surface area contributed by atoms with Crippen LogP contribution in [0.15, 0.2) is 0 Å². The Kier molecular flexibility index (Phi) is 3.16. The van der Waals surface area contributed by atoms with Crippen LogP contribution in [0.1, 0.15) is 12.8 Å². The molecule has 2 rings (SSSR count). The zero-order chi connectivity index (χ0) is 6.97. The molecule has 0 amide bonds. The molecule has 0 radical (unpaired) electrons. The second-order valence-corrected chi connectivity index (χ2v) is 3.46. The molecule has 0 unspecified atom stereocenters. The number of fused-ring (bicyclic) bond motifs is 2. The van der Waals surface area contributed by atoms with E-state index >= 15 is 0 Å². The minimum atomic E-state index is 0. The Morgan fingerprint density at radius 2 is 1.73 bits per heavy atom. The summed E-state index contributed by atoms with van der Waals surface area (Å²) in [6.07, 6.45) is 3.31. The maximum Gasteiger partial charge on any atom is 0.0651 e. The van der Waals surface area contributed by atoms with Gasteiger partial charge in [0, 0.05) is 20.2 Å². The molecular weight excluding hydrogens is 162 g/mol. The van der Waals surface area contributed by atoms with Crippen LogP contribution in [0.5, 0.6) is 0 Å².